The average molecular weight is 169 g/mol. The van der Waals surface area contributed by atoms with E-state index >= 15 is 0 Å². The first-order valence-corrected chi connectivity index (χ1v) is 5.14. The minimum absolute atomic E-state index is 0.469. The summed E-state index contributed by atoms with van der Waals surface area (Å²) in [5, 5.41) is 0. The van der Waals surface area contributed by atoms with Gasteiger partial charge in [-0.25, -0.2) is 0 Å². The van der Waals surface area contributed by atoms with Gasteiger partial charge in [-0.3, -0.25) is 0 Å². The molecule has 0 aromatic heterocycles. The third-order valence-corrected chi connectivity index (χ3v) is 2.43. The summed E-state index contributed by atoms with van der Waals surface area (Å²) in [6, 6.07) is 0. The summed E-state index contributed by atoms with van der Waals surface area (Å²) < 4.78 is 0. The Hall–Kier alpha value is 0. The highest BCUT2D eigenvalue weighted by atomic mass is 14.2. The van der Waals surface area contributed by atoms with E-state index in [2.05, 4.69) is 48.0 Å². The minimum Gasteiger partial charge on any atom is -0.0625 e. The van der Waals surface area contributed by atoms with E-state index < -0.39 is 0 Å². The zero-order valence-corrected chi connectivity index (χ0v) is 9.65. The summed E-state index contributed by atoms with van der Waals surface area (Å²) in [4.78, 5) is 0. The van der Waals surface area contributed by atoms with E-state index in [1.165, 1.54) is 12.8 Å². The second-order valence-electron chi connectivity index (χ2n) is 5.51. The molecule has 0 amide bonds. The van der Waals surface area contributed by atoms with Crippen molar-refractivity contribution in [3.63, 3.8) is 0 Å². The molecule has 1 atom stereocenters. The van der Waals surface area contributed by atoms with Gasteiger partial charge in [-0.15, -0.1) is 0 Å². The van der Waals surface area contributed by atoms with E-state index in [1.54, 1.807) is 0 Å². The van der Waals surface area contributed by atoms with Crippen molar-refractivity contribution < 1.29 is 0 Å². The smallest absolute Gasteiger partial charge is 0.0378 e. The highest BCUT2D eigenvalue weighted by Gasteiger charge is 2.12. The van der Waals surface area contributed by atoms with Crippen LogP contribution in [0.25, 0.3) is 0 Å². The Morgan fingerprint density at radius 3 is 1.92 bits per heavy atom. The highest BCUT2D eigenvalue weighted by molar-refractivity contribution is 4.76. The second-order valence-corrected chi connectivity index (χ2v) is 5.51. The van der Waals surface area contributed by atoms with Crippen molar-refractivity contribution in [2.24, 2.45) is 17.3 Å². The lowest BCUT2D eigenvalue weighted by Gasteiger charge is -2.20. The molecular formula is C12H25. The van der Waals surface area contributed by atoms with Crippen LogP contribution >= 0.6 is 0 Å². The number of hydrogen-bond donors (Lipinski definition) is 0. The van der Waals surface area contributed by atoms with E-state index in [0.717, 1.165) is 11.8 Å². The van der Waals surface area contributed by atoms with Crippen LogP contribution < -0.4 is 0 Å². The molecule has 0 saturated heterocycles. The molecule has 0 rings (SSSR count). The predicted octanol–water partition coefficient (Wildman–Crippen LogP) is 4.31. The van der Waals surface area contributed by atoms with Crippen molar-refractivity contribution in [1.82, 2.24) is 0 Å². The molecule has 1 radical (unpaired) electrons. The van der Waals surface area contributed by atoms with Crippen LogP contribution in [0, 0.1) is 23.7 Å². The third-order valence-electron chi connectivity index (χ3n) is 2.43. The minimum atomic E-state index is 0.469. The molecule has 0 bridgehead atoms. The van der Waals surface area contributed by atoms with Crippen molar-refractivity contribution in [3.8, 4) is 0 Å². The van der Waals surface area contributed by atoms with Crippen LogP contribution in [0.1, 0.15) is 54.4 Å². The van der Waals surface area contributed by atoms with E-state index in [-0.39, 0.29) is 0 Å². The van der Waals surface area contributed by atoms with Crippen LogP contribution in [0.4, 0.5) is 0 Å². The van der Waals surface area contributed by atoms with E-state index in [0.29, 0.717) is 5.41 Å². The maximum atomic E-state index is 2.45. The largest absolute Gasteiger partial charge is 0.0625 e. The fraction of sp³-hybridized carbons (Fsp3) is 0.917. The molecule has 0 aromatic carbocycles. The molecule has 1 unspecified atom stereocenters. The highest BCUT2D eigenvalue weighted by Crippen LogP contribution is 2.24. The van der Waals surface area contributed by atoms with Crippen molar-refractivity contribution in [2.75, 3.05) is 0 Å². The molecule has 0 nitrogen and oxygen atoms in total. The summed E-state index contributed by atoms with van der Waals surface area (Å²) >= 11 is 0. The summed E-state index contributed by atoms with van der Waals surface area (Å²) in [6.07, 6.45) is 4.96. The van der Waals surface area contributed by atoms with Gasteiger partial charge in [0.05, 0.1) is 0 Å². The normalized spacial score (nSPS) is 15.2. The van der Waals surface area contributed by atoms with Gasteiger partial charge in [0.1, 0.15) is 0 Å². The van der Waals surface area contributed by atoms with Crippen LogP contribution in [-0.2, 0) is 0 Å². The van der Waals surface area contributed by atoms with Crippen LogP contribution in [0.15, 0.2) is 0 Å². The molecule has 73 valence electrons. The van der Waals surface area contributed by atoms with Crippen LogP contribution in [0.2, 0.25) is 0 Å². The molecule has 0 N–H and O–H groups in total. The monoisotopic (exact) mass is 169 g/mol. The molecule has 0 aliphatic rings. The zero-order valence-electron chi connectivity index (χ0n) is 9.65. The lowest BCUT2D eigenvalue weighted by molar-refractivity contribution is 0.364. The van der Waals surface area contributed by atoms with Gasteiger partial charge < -0.3 is 0 Å². The van der Waals surface area contributed by atoms with Gasteiger partial charge in [-0.1, -0.05) is 41.5 Å². The van der Waals surface area contributed by atoms with Crippen LogP contribution in [0.3, 0.4) is 0 Å². The lowest BCUT2D eigenvalue weighted by atomic mass is 9.86. The third kappa shape index (κ3) is 6.69. The molecule has 0 spiro atoms. The Morgan fingerprint density at radius 2 is 1.58 bits per heavy atom. The van der Waals surface area contributed by atoms with Crippen LogP contribution in [-0.4, -0.2) is 0 Å². The van der Waals surface area contributed by atoms with Crippen molar-refractivity contribution in [3.05, 3.63) is 6.42 Å². The molecular weight excluding hydrogens is 144 g/mol. The Morgan fingerprint density at radius 1 is 1.08 bits per heavy atom. The Kier molecular flexibility index (Phi) is 4.89. The SMILES string of the molecule is CC(C)C(C)C[CH]CC(C)(C)C. The summed E-state index contributed by atoms with van der Waals surface area (Å²) in [7, 11) is 0. The van der Waals surface area contributed by atoms with Gasteiger partial charge in [-0.2, -0.15) is 0 Å². The van der Waals surface area contributed by atoms with Gasteiger partial charge in [0, 0.05) is 0 Å². The summed E-state index contributed by atoms with van der Waals surface area (Å²) in [5.41, 5.74) is 0.469. The van der Waals surface area contributed by atoms with Crippen molar-refractivity contribution >= 4 is 0 Å². The van der Waals surface area contributed by atoms with Gasteiger partial charge in [0.2, 0.25) is 0 Å². The first kappa shape index (κ1) is 12.0. The van der Waals surface area contributed by atoms with Gasteiger partial charge in [-0.05, 0) is 36.5 Å². The van der Waals surface area contributed by atoms with Gasteiger partial charge in [0.15, 0.2) is 0 Å². The Balaban J connectivity index is 3.44. The van der Waals surface area contributed by atoms with E-state index in [4.69, 9.17) is 0 Å². The topological polar surface area (TPSA) is 0 Å². The number of rotatable bonds is 4. The molecule has 0 aliphatic carbocycles. The Bertz CT molecular complexity index is 106. The van der Waals surface area contributed by atoms with Crippen molar-refractivity contribution in [1.29, 1.82) is 0 Å². The maximum Gasteiger partial charge on any atom is -0.0378 e. The first-order valence-electron chi connectivity index (χ1n) is 5.14. The Labute approximate surface area is 78.8 Å². The molecule has 12 heavy (non-hydrogen) atoms. The molecule has 0 heterocycles. The fourth-order valence-electron chi connectivity index (χ4n) is 1.05. The van der Waals surface area contributed by atoms with Gasteiger partial charge >= 0.3 is 0 Å². The molecule has 0 fully saturated rings. The standard InChI is InChI=1S/C12H25/c1-10(2)11(3)8-7-9-12(4,5)6/h7,10-11H,8-9H2,1-6H3. The van der Waals surface area contributed by atoms with Crippen molar-refractivity contribution in [2.45, 2.75) is 54.4 Å². The maximum absolute atomic E-state index is 2.45. The zero-order chi connectivity index (χ0) is 9.78. The van der Waals surface area contributed by atoms with Crippen LogP contribution in [0.5, 0.6) is 0 Å². The summed E-state index contributed by atoms with van der Waals surface area (Å²) in [6.45, 7) is 13.8. The number of hydrogen-bond acceptors (Lipinski definition) is 0. The average Bonchev–Trinajstić information content (AvgIpc) is 1.84. The van der Waals surface area contributed by atoms with E-state index in [1.807, 2.05) is 0 Å². The molecule has 0 aromatic rings. The lowest BCUT2D eigenvalue weighted by Crippen LogP contribution is -2.08. The molecule has 0 aliphatic heterocycles. The second kappa shape index (κ2) is 4.89. The van der Waals surface area contributed by atoms with E-state index in [9.17, 15) is 0 Å². The predicted molar refractivity (Wildman–Crippen MR) is 57.0 cm³/mol. The fourth-order valence-corrected chi connectivity index (χ4v) is 1.05. The molecule has 0 saturated carbocycles. The molecule has 0 heteroatoms. The quantitative estimate of drug-likeness (QED) is 0.588. The first-order chi connectivity index (χ1) is 5.33. The summed E-state index contributed by atoms with van der Waals surface area (Å²) in [5.74, 6) is 1.66. The van der Waals surface area contributed by atoms with Gasteiger partial charge in [0.25, 0.3) is 0 Å².